The zero-order chi connectivity index (χ0) is 22.9. The lowest BCUT2D eigenvalue weighted by molar-refractivity contribution is -0.0450. The molecule has 0 spiro atoms. The van der Waals surface area contributed by atoms with Gasteiger partial charge in [-0.25, -0.2) is 18.5 Å². The van der Waals surface area contributed by atoms with Gasteiger partial charge in [-0.05, 0) is 0 Å². The van der Waals surface area contributed by atoms with Crippen LogP contribution in [0.2, 0.25) is 0 Å². The lowest BCUT2D eigenvalue weighted by Crippen LogP contribution is -2.35. The molecular formula is C10H18N3O14P3. The van der Waals surface area contributed by atoms with Gasteiger partial charge < -0.3 is 35.2 Å². The molecule has 17 nitrogen and oxygen atoms in total. The number of aliphatic hydroxyl groups excluding tert-OH is 1. The summed E-state index contributed by atoms with van der Waals surface area (Å²) in [6.45, 7) is -1.09. The Morgan fingerprint density at radius 3 is 2.37 bits per heavy atom. The summed E-state index contributed by atoms with van der Waals surface area (Å²) in [5.41, 5.74) is 3.85. The van der Waals surface area contributed by atoms with Crippen LogP contribution in [0.3, 0.4) is 0 Å². The average molecular weight is 497 g/mol. The van der Waals surface area contributed by atoms with Crippen LogP contribution < -0.4 is 17.0 Å². The van der Waals surface area contributed by atoms with Crippen molar-refractivity contribution in [3.8, 4) is 0 Å². The van der Waals surface area contributed by atoms with Crippen molar-refractivity contribution in [3.05, 3.63) is 32.6 Å². The van der Waals surface area contributed by atoms with Gasteiger partial charge in [0.25, 0.3) is 5.56 Å². The molecule has 0 radical (unpaired) electrons. The summed E-state index contributed by atoms with van der Waals surface area (Å²) in [5, 5.41) is 10.0. The Morgan fingerprint density at radius 2 is 1.80 bits per heavy atom. The Bertz CT molecular complexity index is 1030. The molecule has 1 aromatic rings. The van der Waals surface area contributed by atoms with Crippen molar-refractivity contribution in [1.82, 2.24) is 9.55 Å². The van der Waals surface area contributed by atoms with E-state index in [1.165, 1.54) is 0 Å². The second-order valence-electron chi connectivity index (χ2n) is 5.84. The summed E-state index contributed by atoms with van der Waals surface area (Å²) in [4.78, 5) is 60.9. The third-order valence-corrected chi connectivity index (χ3v) is 7.40. The summed E-state index contributed by atoms with van der Waals surface area (Å²) in [6.07, 6.45) is -2.89. The molecule has 2 rings (SSSR count). The summed E-state index contributed by atoms with van der Waals surface area (Å²) in [7, 11) is -16.6. The number of nitrogens with one attached hydrogen (secondary N) is 1. The first kappa shape index (κ1) is 25.2. The number of hydrogen-bond acceptors (Lipinski definition) is 11. The zero-order valence-corrected chi connectivity index (χ0v) is 17.4. The van der Waals surface area contributed by atoms with Gasteiger partial charge in [0.15, 0.2) is 0 Å². The highest BCUT2D eigenvalue weighted by molar-refractivity contribution is 7.66. The van der Waals surface area contributed by atoms with Crippen LogP contribution in [0, 0.1) is 0 Å². The van der Waals surface area contributed by atoms with E-state index in [4.69, 9.17) is 25.2 Å². The molecular weight excluding hydrogens is 479 g/mol. The number of nitrogens with two attached hydrogens (primary N) is 1. The smallest absolute Gasteiger partial charge is 0.390 e. The molecule has 8 N–H and O–H groups in total. The highest BCUT2D eigenvalue weighted by Gasteiger charge is 2.42. The molecule has 1 fully saturated rings. The van der Waals surface area contributed by atoms with E-state index in [2.05, 4.69) is 13.1 Å². The number of phosphoric ester groups is 1. The summed E-state index contributed by atoms with van der Waals surface area (Å²) in [5.74, 6) is 0. The Kier molecular flexibility index (Phi) is 7.76. The number of aromatic amines is 1. The minimum absolute atomic E-state index is 0.0457. The maximum Gasteiger partial charge on any atom is 0.490 e. The molecule has 30 heavy (non-hydrogen) atoms. The summed E-state index contributed by atoms with van der Waals surface area (Å²) in [6, 6.07) is 0. The number of aliphatic hydroxyl groups is 1. The molecule has 0 saturated carbocycles. The predicted octanol–water partition coefficient (Wildman–Crippen LogP) is -2.01. The molecule has 1 saturated heterocycles. The van der Waals surface area contributed by atoms with E-state index in [0.717, 1.165) is 10.8 Å². The van der Waals surface area contributed by atoms with Crippen LogP contribution >= 0.6 is 23.5 Å². The molecule has 20 heteroatoms. The van der Waals surface area contributed by atoms with Gasteiger partial charge >= 0.3 is 29.2 Å². The fourth-order valence-corrected chi connectivity index (χ4v) is 5.42. The Morgan fingerprint density at radius 1 is 1.17 bits per heavy atom. The summed E-state index contributed by atoms with van der Waals surface area (Å²) >= 11 is 0. The minimum atomic E-state index is -5.69. The SMILES string of the molecule is NCc1cn([C@H]2CC(O)[C@@H](COP(=O)(O)OP(=O)(O)OP(=O)(O)O)O2)c(=O)[nH]c1=O. The van der Waals surface area contributed by atoms with Crippen molar-refractivity contribution in [3.63, 3.8) is 0 Å². The lowest BCUT2D eigenvalue weighted by atomic mass is 10.2. The van der Waals surface area contributed by atoms with Crippen LogP contribution in [0.5, 0.6) is 0 Å². The standard InChI is InChI=1S/C10H18N3O14P3/c11-2-5-3-13(10(16)12-9(5)15)8-1-6(14)7(25-8)4-24-29(20,21)27-30(22,23)26-28(17,18)19/h3,6-8,14H,1-2,4,11H2,(H,20,21)(H,22,23)(H,12,15,16)(H2,17,18,19)/t6?,7-,8-/m1/s1. The number of rotatable bonds is 9. The highest BCUT2D eigenvalue weighted by Crippen LogP contribution is 2.66. The van der Waals surface area contributed by atoms with Crippen molar-refractivity contribution < 1.29 is 56.3 Å². The molecule has 172 valence electrons. The van der Waals surface area contributed by atoms with E-state index < -0.39 is 59.8 Å². The minimum Gasteiger partial charge on any atom is -0.390 e. The van der Waals surface area contributed by atoms with Crippen LogP contribution in [0.4, 0.5) is 0 Å². The Balaban J connectivity index is 2.05. The molecule has 1 aromatic heterocycles. The van der Waals surface area contributed by atoms with Gasteiger partial charge in [0.05, 0.1) is 12.7 Å². The monoisotopic (exact) mass is 497 g/mol. The molecule has 1 aliphatic heterocycles. The van der Waals surface area contributed by atoms with E-state index in [9.17, 15) is 33.3 Å². The normalized spacial score (nSPS) is 26.3. The first-order chi connectivity index (χ1) is 13.6. The number of hydrogen-bond donors (Lipinski definition) is 7. The van der Waals surface area contributed by atoms with E-state index in [0.29, 0.717) is 0 Å². The lowest BCUT2D eigenvalue weighted by Gasteiger charge is -2.19. The molecule has 0 aliphatic carbocycles. The second kappa shape index (κ2) is 9.22. The number of nitrogens with zero attached hydrogens (tertiary/aromatic N) is 1. The van der Waals surface area contributed by atoms with Crippen LogP contribution in [0.25, 0.3) is 0 Å². The summed E-state index contributed by atoms with van der Waals surface area (Å²) < 4.78 is 51.3. The molecule has 3 unspecified atom stereocenters. The van der Waals surface area contributed by atoms with Crippen LogP contribution in [-0.4, -0.2) is 53.0 Å². The fourth-order valence-electron chi connectivity index (χ4n) is 2.39. The molecule has 5 atom stereocenters. The number of phosphoric acid groups is 3. The molecule has 0 amide bonds. The van der Waals surface area contributed by atoms with Crippen molar-refractivity contribution in [2.45, 2.75) is 31.4 Å². The van der Waals surface area contributed by atoms with Crippen molar-refractivity contribution in [2.75, 3.05) is 6.61 Å². The van der Waals surface area contributed by atoms with Gasteiger partial charge in [-0.15, -0.1) is 0 Å². The number of ether oxygens (including phenoxy) is 1. The van der Waals surface area contributed by atoms with Crippen LogP contribution in [0.15, 0.2) is 15.8 Å². The Hall–Kier alpha value is -1.03. The van der Waals surface area contributed by atoms with Crippen LogP contribution in [0.1, 0.15) is 18.2 Å². The molecule has 2 heterocycles. The Labute approximate surface area is 166 Å². The quantitative estimate of drug-likeness (QED) is 0.182. The van der Waals surface area contributed by atoms with E-state index in [1.54, 1.807) is 0 Å². The topological polar surface area (TPSA) is 270 Å². The van der Waals surface area contributed by atoms with Gasteiger partial charge in [-0.1, -0.05) is 0 Å². The number of H-pyrrole nitrogens is 1. The average Bonchev–Trinajstić information content (AvgIpc) is 2.90. The zero-order valence-electron chi connectivity index (χ0n) is 14.7. The van der Waals surface area contributed by atoms with Crippen molar-refractivity contribution >= 4 is 23.5 Å². The first-order valence-electron chi connectivity index (χ1n) is 7.79. The largest absolute Gasteiger partial charge is 0.490 e. The maximum absolute atomic E-state index is 11.9. The van der Waals surface area contributed by atoms with Gasteiger partial charge in [-0.2, -0.15) is 8.62 Å². The third-order valence-electron chi connectivity index (χ3n) is 3.59. The predicted molar refractivity (Wildman–Crippen MR) is 93.6 cm³/mol. The second-order valence-corrected chi connectivity index (χ2v) is 10.3. The van der Waals surface area contributed by atoms with Gasteiger partial charge in [-0.3, -0.25) is 18.9 Å². The fraction of sp³-hybridized carbons (Fsp3) is 0.600. The van der Waals surface area contributed by atoms with Crippen molar-refractivity contribution in [2.24, 2.45) is 5.73 Å². The number of aromatic nitrogens is 2. The van der Waals surface area contributed by atoms with E-state index >= 15 is 0 Å². The van der Waals surface area contributed by atoms with Gasteiger partial charge in [0, 0.05) is 24.7 Å². The maximum atomic E-state index is 11.9. The highest BCUT2D eigenvalue weighted by atomic mass is 31.3. The van der Waals surface area contributed by atoms with Gasteiger partial charge in [0.1, 0.15) is 12.3 Å². The molecule has 0 bridgehead atoms. The van der Waals surface area contributed by atoms with E-state index in [-0.39, 0.29) is 18.5 Å². The third kappa shape index (κ3) is 7.00. The van der Waals surface area contributed by atoms with Crippen LogP contribution in [-0.2, 0) is 38.1 Å². The van der Waals surface area contributed by atoms with Gasteiger partial charge in [0.2, 0.25) is 0 Å². The molecule has 0 aromatic carbocycles. The molecule has 1 aliphatic rings. The van der Waals surface area contributed by atoms with E-state index in [1.807, 2.05) is 4.98 Å². The first-order valence-corrected chi connectivity index (χ1v) is 12.3. The van der Waals surface area contributed by atoms with Crippen molar-refractivity contribution in [1.29, 1.82) is 0 Å².